The van der Waals surface area contributed by atoms with Crippen molar-refractivity contribution in [2.75, 3.05) is 32.1 Å². The number of rotatable bonds is 7. The molecule has 0 amide bonds. The lowest BCUT2D eigenvalue weighted by molar-refractivity contribution is 0.181. The minimum absolute atomic E-state index is 0.0842. The van der Waals surface area contributed by atoms with Crippen LogP contribution in [-0.2, 0) is 14.8 Å². The number of halogens is 2. The summed E-state index contributed by atoms with van der Waals surface area (Å²) in [4.78, 5) is 0.0842. The summed E-state index contributed by atoms with van der Waals surface area (Å²) in [7, 11) is -2.08. The van der Waals surface area contributed by atoms with E-state index in [0.29, 0.717) is 18.5 Å². The molecule has 1 rings (SSSR count). The van der Waals surface area contributed by atoms with Crippen molar-refractivity contribution in [3.05, 3.63) is 30.1 Å². The van der Waals surface area contributed by atoms with Crippen LogP contribution in [0.4, 0.5) is 4.39 Å². The molecule has 0 bridgehead atoms. The smallest absolute Gasteiger partial charge is 0.243 e. The van der Waals surface area contributed by atoms with Gasteiger partial charge in [-0.05, 0) is 24.3 Å². The number of benzene rings is 1. The summed E-state index contributed by atoms with van der Waals surface area (Å²) >= 11 is 3.21. The van der Waals surface area contributed by atoms with Gasteiger partial charge in [0.25, 0.3) is 0 Å². The Kier molecular flexibility index (Phi) is 6.20. The summed E-state index contributed by atoms with van der Waals surface area (Å²) in [5, 5.41) is 0.525. The van der Waals surface area contributed by atoms with E-state index >= 15 is 0 Å². The third-order valence-electron chi connectivity index (χ3n) is 2.33. The molecule has 0 aromatic heterocycles. The van der Waals surface area contributed by atoms with Crippen LogP contribution in [0.2, 0.25) is 0 Å². The molecule has 0 fully saturated rings. The highest BCUT2D eigenvalue weighted by Crippen LogP contribution is 2.16. The Morgan fingerprint density at radius 3 is 2.39 bits per heavy atom. The maximum Gasteiger partial charge on any atom is 0.243 e. The highest BCUT2D eigenvalue weighted by molar-refractivity contribution is 9.09. The molecule has 0 radical (unpaired) electrons. The number of hydrogen-bond donors (Lipinski definition) is 0. The Morgan fingerprint density at radius 2 is 1.89 bits per heavy atom. The lowest BCUT2D eigenvalue weighted by Gasteiger charge is -2.20. The minimum Gasteiger partial charge on any atom is -0.383 e. The minimum atomic E-state index is -3.60. The van der Waals surface area contributed by atoms with Crippen molar-refractivity contribution in [3.8, 4) is 0 Å². The first kappa shape index (κ1) is 15.6. The van der Waals surface area contributed by atoms with Crippen LogP contribution in [0.5, 0.6) is 0 Å². The fourth-order valence-corrected chi connectivity index (χ4v) is 3.48. The van der Waals surface area contributed by atoms with Crippen molar-refractivity contribution in [1.29, 1.82) is 0 Å². The number of methoxy groups -OCH3 is 1. The van der Waals surface area contributed by atoms with Crippen LogP contribution in [0.1, 0.15) is 0 Å². The summed E-state index contributed by atoms with van der Waals surface area (Å²) in [6.07, 6.45) is 0. The van der Waals surface area contributed by atoms with Gasteiger partial charge in [0, 0.05) is 25.5 Å². The lowest BCUT2D eigenvalue weighted by Crippen LogP contribution is -2.35. The number of alkyl halides is 1. The van der Waals surface area contributed by atoms with Gasteiger partial charge in [-0.2, -0.15) is 4.31 Å². The average Bonchev–Trinajstić information content (AvgIpc) is 2.35. The van der Waals surface area contributed by atoms with Gasteiger partial charge in [0.2, 0.25) is 10.0 Å². The highest BCUT2D eigenvalue weighted by atomic mass is 79.9. The Morgan fingerprint density at radius 1 is 1.28 bits per heavy atom. The summed E-state index contributed by atoms with van der Waals surface area (Å²) in [5.41, 5.74) is 0. The Balaban J connectivity index is 2.96. The lowest BCUT2D eigenvalue weighted by atomic mass is 10.4. The number of hydrogen-bond acceptors (Lipinski definition) is 3. The third-order valence-corrected chi connectivity index (χ3v) is 4.60. The van der Waals surface area contributed by atoms with Crippen molar-refractivity contribution in [2.24, 2.45) is 0 Å². The first-order chi connectivity index (χ1) is 8.52. The normalized spacial score (nSPS) is 12.0. The van der Waals surface area contributed by atoms with Crippen molar-refractivity contribution >= 4 is 26.0 Å². The molecule has 0 aliphatic heterocycles. The second-order valence-electron chi connectivity index (χ2n) is 3.54. The van der Waals surface area contributed by atoms with E-state index in [1.165, 1.54) is 23.5 Å². The zero-order valence-corrected chi connectivity index (χ0v) is 12.4. The first-order valence-corrected chi connectivity index (χ1v) is 7.89. The number of ether oxygens (including phenoxy) is 1. The fourth-order valence-electron chi connectivity index (χ4n) is 1.40. The monoisotopic (exact) mass is 339 g/mol. The van der Waals surface area contributed by atoms with Gasteiger partial charge in [0.15, 0.2) is 0 Å². The average molecular weight is 340 g/mol. The molecule has 102 valence electrons. The quantitative estimate of drug-likeness (QED) is 0.712. The maximum atomic E-state index is 12.8. The van der Waals surface area contributed by atoms with Crippen LogP contribution in [0.25, 0.3) is 0 Å². The molecule has 0 N–H and O–H groups in total. The molecule has 0 spiro atoms. The molecule has 0 aliphatic rings. The number of nitrogens with zero attached hydrogens (tertiary/aromatic N) is 1. The van der Waals surface area contributed by atoms with Gasteiger partial charge in [-0.15, -0.1) is 0 Å². The van der Waals surface area contributed by atoms with E-state index in [2.05, 4.69) is 15.9 Å². The maximum absolute atomic E-state index is 12.8. The second-order valence-corrected chi connectivity index (χ2v) is 6.27. The van der Waals surface area contributed by atoms with E-state index in [-0.39, 0.29) is 11.4 Å². The molecule has 0 aliphatic carbocycles. The Labute approximate surface area is 115 Å². The Bertz CT molecular complexity index is 464. The van der Waals surface area contributed by atoms with Crippen molar-refractivity contribution in [1.82, 2.24) is 4.31 Å². The molecule has 7 heteroatoms. The molecule has 0 saturated heterocycles. The van der Waals surface area contributed by atoms with Crippen LogP contribution in [0, 0.1) is 5.82 Å². The predicted molar refractivity (Wildman–Crippen MR) is 70.8 cm³/mol. The highest BCUT2D eigenvalue weighted by Gasteiger charge is 2.23. The first-order valence-electron chi connectivity index (χ1n) is 5.33. The van der Waals surface area contributed by atoms with Gasteiger partial charge < -0.3 is 4.74 Å². The summed E-state index contributed by atoms with van der Waals surface area (Å²) < 4.78 is 43.5. The summed E-state index contributed by atoms with van der Waals surface area (Å²) in [5.74, 6) is -0.460. The number of sulfonamides is 1. The summed E-state index contributed by atoms with van der Waals surface area (Å²) in [6.45, 7) is 0.915. The van der Waals surface area contributed by atoms with E-state index < -0.39 is 15.8 Å². The van der Waals surface area contributed by atoms with E-state index in [1.807, 2.05) is 0 Å². The van der Waals surface area contributed by atoms with Crippen LogP contribution < -0.4 is 0 Å². The van der Waals surface area contributed by atoms with E-state index in [0.717, 1.165) is 12.1 Å². The van der Waals surface area contributed by atoms with Crippen molar-refractivity contribution in [2.45, 2.75) is 4.90 Å². The molecule has 18 heavy (non-hydrogen) atoms. The van der Waals surface area contributed by atoms with Crippen molar-refractivity contribution < 1.29 is 17.5 Å². The van der Waals surface area contributed by atoms with Gasteiger partial charge in [0.1, 0.15) is 5.82 Å². The largest absolute Gasteiger partial charge is 0.383 e. The third kappa shape index (κ3) is 4.01. The van der Waals surface area contributed by atoms with Crippen LogP contribution in [-0.4, -0.2) is 44.9 Å². The standard InChI is InChI=1S/C11H15BrFNO3S/c1-17-9-8-14(7-6-12)18(15,16)11-4-2-10(13)3-5-11/h2-5H,6-9H2,1H3. The van der Waals surface area contributed by atoms with Crippen molar-refractivity contribution in [3.63, 3.8) is 0 Å². The van der Waals surface area contributed by atoms with Gasteiger partial charge >= 0.3 is 0 Å². The molecular weight excluding hydrogens is 325 g/mol. The molecule has 0 unspecified atom stereocenters. The van der Waals surface area contributed by atoms with Crippen LogP contribution >= 0.6 is 15.9 Å². The van der Waals surface area contributed by atoms with Crippen LogP contribution in [0.3, 0.4) is 0 Å². The molecule has 0 heterocycles. The molecule has 1 aromatic carbocycles. The second kappa shape index (κ2) is 7.18. The van der Waals surface area contributed by atoms with E-state index in [1.54, 1.807) is 0 Å². The molecule has 0 atom stereocenters. The zero-order valence-electron chi connectivity index (χ0n) is 9.97. The molecular formula is C11H15BrFNO3S. The molecule has 0 saturated carbocycles. The van der Waals surface area contributed by atoms with Crippen LogP contribution in [0.15, 0.2) is 29.2 Å². The topological polar surface area (TPSA) is 46.6 Å². The molecule has 1 aromatic rings. The van der Waals surface area contributed by atoms with Gasteiger partial charge in [0.05, 0.1) is 11.5 Å². The zero-order chi connectivity index (χ0) is 13.6. The van der Waals surface area contributed by atoms with E-state index in [9.17, 15) is 12.8 Å². The Hall–Kier alpha value is -0.500. The fraction of sp³-hybridized carbons (Fsp3) is 0.455. The van der Waals surface area contributed by atoms with Gasteiger partial charge in [-0.25, -0.2) is 12.8 Å². The van der Waals surface area contributed by atoms with E-state index in [4.69, 9.17) is 4.74 Å². The predicted octanol–water partition coefficient (Wildman–Crippen LogP) is 1.86. The van der Waals surface area contributed by atoms with Gasteiger partial charge in [-0.3, -0.25) is 0 Å². The summed E-state index contributed by atoms with van der Waals surface area (Å²) in [6, 6.07) is 4.79. The SMILES string of the molecule is COCCN(CCBr)S(=O)(=O)c1ccc(F)cc1. The molecule has 4 nitrogen and oxygen atoms in total. The van der Waals surface area contributed by atoms with Gasteiger partial charge in [-0.1, -0.05) is 15.9 Å².